The van der Waals surface area contributed by atoms with E-state index in [9.17, 15) is 19.2 Å². The SMILES string of the molecule is CCOC(=O)Oc1ccccc1C(=O)c1cccc([C]=O)c1OC(=O)OC(C)C. The Balaban J connectivity index is 2.45. The Hall–Kier alpha value is -3.68. The van der Waals surface area contributed by atoms with Gasteiger partial charge in [0.05, 0.1) is 29.4 Å². The van der Waals surface area contributed by atoms with Crippen LogP contribution < -0.4 is 9.47 Å². The third kappa shape index (κ3) is 5.65. The van der Waals surface area contributed by atoms with Crippen LogP contribution in [-0.2, 0) is 14.3 Å². The molecule has 0 aliphatic carbocycles. The van der Waals surface area contributed by atoms with Gasteiger partial charge in [-0.1, -0.05) is 18.2 Å². The van der Waals surface area contributed by atoms with Gasteiger partial charge in [0, 0.05) is 0 Å². The van der Waals surface area contributed by atoms with E-state index >= 15 is 0 Å². The molecular formula is C21H19O8. The highest BCUT2D eigenvalue weighted by Gasteiger charge is 2.24. The van der Waals surface area contributed by atoms with E-state index in [1.807, 2.05) is 0 Å². The van der Waals surface area contributed by atoms with Crippen LogP contribution in [0, 0.1) is 0 Å². The first-order valence-electron chi connectivity index (χ1n) is 8.75. The molecule has 0 aromatic heterocycles. The lowest BCUT2D eigenvalue weighted by Crippen LogP contribution is -2.18. The molecule has 8 heteroatoms. The largest absolute Gasteiger partial charge is 0.514 e. The van der Waals surface area contributed by atoms with Gasteiger partial charge in [-0.2, -0.15) is 0 Å². The van der Waals surface area contributed by atoms with Gasteiger partial charge in [-0.25, -0.2) is 9.59 Å². The summed E-state index contributed by atoms with van der Waals surface area (Å²) >= 11 is 0. The van der Waals surface area contributed by atoms with E-state index in [1.54, 1.807) is 39.2 Å². The minimum absolute atomic E-state index is 0.00526. The van der Waals surface area contributed by atoms with E-state index in [4.69, 9.17) is 18.9 Å². The van der Waals surface area contributed by atoms with Crippen LogP contribution in [0.25, 0.3) is 0 Å². The average Bonchev–Trinajstić information content (AvgIpc) is 2.67. The van der Waals surface area contributed by atoms with Crippen molar-refractivity contribution in [2.45, 2.75) is 26.9 Å². The number of ether oxygens (including phenoxy) is 4. The lowest BCUT2D eigenvalue weighted by atomic mass is 9.99. The second-order valence-corrected chi connectivity index (χ2v) is 5.91. The van der Waals surface area contributed by atoms with E-state index < -0.39 is 24.2 Å². The molecule has 0 amide bonds. The summed E-state index contributed by atoms with van der Waals surface area (Å²) in [6.07, 6.45) is -0.889. The summed E-state index contributed by atoms with van der Waals surface area (Å²) in [6, 6.07) is 10.1. The molecule has 2 rings (SSSR count). The zero-order valence-corrected chi connectivity index (χ0v) is 16.1. The lowest BCUT2D eigenvalue weighted by Gasteiger charge is -2.14. The van der Waals surface area contributed by atoms with E-state index in [0.29, 0.717) is 0 Å². The lowest BCUT2D eigenvalue weighted by molar-refractivity contribution is 0.0725. The van der Waals surface area contributed by atoms with Crippen LogP contribution in [0.1, 0.15) is 42.3 Å². The van der Waals surface area contributed by atoms with Crippen LogP contribution in [0.2, 0.25) is 0 Å². The summed E-state index contributed by atoms with van der Waals surface area (Å²) in [7, 11) is 0. The fourth-order valence-electron chi connectivity index (χ4n) is 2.33. The molecule has 0 aliphatic rings. The molecule has 2 aromatic carbocycles. The van der Waals surface area contributed by atoms with E-state index in [-0.39, 0.29) is 34.8 Å². The van der Waals surface area contributed by atoms with Crippen molar-refractivity contribution in [2.24, 2.45) is 0 Å². The standard InChI is InChI=1S/C21H19O8/c1-4-26-20(24)28-17-11-6-5-9-15(17)18(23)16-10-7-8-14(12-22)19(16)29-21(25)27-13(2)3/h5-11,13H,4H2,1-3H3. The maximum Gasteiger partial charge on any atom is 0.514 e. The summed E-state index contributed by atoms with van der Waals surface area (Å²) < 4.78 is 19.8. The van der Waals surface area contributed by atoms with Crippen LogP contribution in [0.5, 0.6) is 11.5 Å². The fourth-order valence-corrected chi connectivity index (χ4v) is 2.33. The van der Waals surface area contributed by atoms with Gasteiger partial charge in [0.15, 0.2) is 5.75 Å². The highest BCUT2D eigenvalue weighted by atomic mass is 16.7. The first-order chi connectivity index (χ1) is 13.9. The summed E-state index contributed by atoms with van der Waals surface area (Å²) in [5, 5.41) is 0. The van der Waals surface area contributed by atoms with Crippen molar-refractivity contribution in [3.63, 3.8) is 0 Å². The molecule has 0 fully saturated rings. The highest BCUT2D eigenvalue weighted by Crippen LogP contribution is 2.29. The van der Waals surface area contributed by atoms with Gasteiger partial charge in [-0.15, -0.1) is 0 Å². The number of hydrogen-bond donors (Lipinski definition) is 0. The van der Waals surface area contributed by atoms with Crippen molar-refractivity contribution in [3.8, 4) is 11.5 Å². The molecule has 2 aromatic rings. The normalized spacial score (nSPS) is 10.2. The zero-order chi connectivity index (χ0) is 21.4. The Labute approximate surface area is 167 Å². The predicted molar refractivity (Wildman–Crippen MR) is 101 cm³/mol. The Kier molecular flexibility index (Phi) is 7.47. The van der Waals surface area contributed by atoms with Crippen LogP contribution in [0.15, 0.2) is 42.5 Å². The van der Waals surface area contributed by atoms with E-state index in [2.05, 4.69) is 0 Å². The number of ketones is 1. The minimum Gasteiger partial charge on any atom is -0.434 e. The Morgan fingerprint density at radius 3 is 2.28 bits per heavy atom. The molecule has 0 spiro atoms. The molecule has 151 valence electrons. The number of rotatable bonds is 7. The Bertz CT molecular complexity index is 917. The molecule has 0 atom stereocenters. The van der Waals surface area contributed by atoms with E-state index in [1.165, 1.54) is 30.3 Å². The maximum absolute atomic E-state index is 13.1. The molecule has 0 aliphatic heterocycles. The van der Waals surface area contributed by atoms with Gasteiger partial charge in [0.2, 0.25) is 12.1 Å². The van der Waals surface area contributed by atoms with Crippen molar-refractivity contribution in [1.29, 1.82) is 0 Å². The Morgan fingerprint density at radius 1 is 0.931 bits per heavy atom. The Morgan fingerprint density at radius 2 is 1.62 bits per heavy atom. The van der Waals surface area contributed by atoms with Crippen molar-refractivity contribution in [2.75, 3.05) is 6.61 Å². The molecule has 0 saturated heterocycles. The van der Waals surface area contributed by atoms with Crippen LogP contribution >= 0.6 is 0 Å². The van der Waals surface area contributed by atoms with Gasteiger partial charge in [-0.05, 0) is 45.0 Å². The molecule has 0 bridgehead atoms. The van der Waals surface area contributed by atoms with Crippen LogP contribution in [-0.4, -0.2) is 37.1 Å². The monoisotopic (exact) mass is 399 g/mol. The fraction of sp³-hybridized carbons (Fsp3) is 0.238. The third-order valence-corrected chi connectivity index (χ3v) is 3.47. The molecule has 29 heavy (non-hydrogen) atoms. The molecule has 0 N–H and O–H groups in total. The van der Waals surface area contributed by atoms with Crippen molar-refractivity contribution >= 4 is 24.4 Å². The average molecular weight is 399 g/mol. The summed E-state index contributed by atoms with van der Waals surface area (Å²) in [5.74, 6) is -0.995. The highest BCUT2D eigenvalue weighted by molar-refractivity contribution is 6.13. The summed E-state index contributed by atoms with van der Waals surface area (Å²) in [5.41, 5.74) is -0.238. The van der Waals surface area contributed by atoms with Gasteiger partial charge in [-0.3, -0.25) is 9.59 Å². The first kappa shape index (κ1) is 21.6. The van der Waals surface area contributed by atoms with Crippen molar-refractivity contribution < 1.29 is 38.1 Å². The second-order valence-electron chi connectivity index (χ2n) is 5.91. The number of hydrogen-bond acceptors (Lipinski definition) is 8. The van der Waals surface area contributed by atoms with Crippen molar-refractivity contribution in [1.82, 2.24) is 0 Å². The molecule has 1 radical (unpaired) electrons. The first-order valence-corrected chi connectivity index (χ1v) is 8.75. The molecule has 0 unspecified atom stereocenters. The summed E-state index contributed by atoms with van der Waals surface area (Å²) in [4.78, 5) is 47.9. The minimum atomic E-state index is -1.08. The molecule has 8 nitrogen and oxygen atoms in total. The smallest absolute Gasteiger partial charge is 0.434 e. The topological polar surface area (TPSA) is 105 Å². The van der Waals surface area contributed by atoms with E-state index in [0.717, 1.165) is 0 Å². The second kappa shape index (κ2) is 10.0. The quantitative estimate of drug-likeness (QED) is 0.393. The number of carbonyl (C=O) groups excluding carboxylic acids is 4. The third-order valence-electron chi connectivity index (χ3n) is 3.47. The summed E-state index contributed by atoms with van der Waals surface area (Å²) in [6.45, 7) is 4.95. The zero-order valence-electron chi connectivity index (χ0n) is 16.1. The molecule has 0 heterocycles. The van der Waals surface area contributed by atoms with Crippen LogP contribution in [0.3, 0.4) is 0 Å². The molecular weight excluding hydrogens is 380 g/mol. The number of para-hydroxylation sites is 2. The van der Waals surface area contributed by atoms with Gasteiger partial charge < -0.3 is 18.9 Å². The number of benzene rings is 2. The van der Waals surface area contributed by atoms with Crippen LogP contribution in [0.4, 0.5) is 9.59 Å². The maximum atomic E-state index is 13.1. The number of carbonyl (C=O) groups is 3. The van der Waals surface area contributed by atoms with Crippen molar-refractivity contribution in [3.05, 3.63) is 59.2 Å². The van der Waals surface area contributed by atoms with Gasteiger partial charge in [0.1, 0.15) is 5.75 Å². The molecule has 0 saturated carbocycles. The van der Waals surface area contributed by atoms with Gasteiger partial charge >= 0.3 is 12.3 Å². The van der Waals surface area contributed by atoms with Gasteiger partial charge in [0.25, 0.3) is 0 Å². The predicted octanol–water partition coefficient (Wildman–Crippen LogP) is 3.83.